The fraction of sp³-hybridized carbons (Fsp3) is 0.857. The Morgan fingerprint density at radius 3 is 2.89 bits per heavy atom. The van der Waals surface area contributed by atoms with E-state index in [0.717, 1.165) is 37.6 Å². The summed E-state index contributed by atoms with van der Waals surface area (Å²) >= 11 is 0. The van der Waals surface area contributed by atoms with Crippen molar-refractivity contribution in [1.82, 2.24) is 20.4 Å². The Kier molecular flexibility index (Phi) is 3.84. The normalized spacial score (nSPS) is 29.2. The Morgan fingerprint density at radius 1 is 1.26 bits per heavy atom. The van der Waals surface area contributed by atoms with Crippen LogP contribution >= 0.6 is 0 Å². The third-order valence-corrected chi connectivity index (χ3v) is 4.32. The molecule has 2 fully saturated rings. The van der Waals surface area contributed by atoms with E-state index in [2.05, 4.69) is 34.2 Å². The molecule has 5 heteroatoms. The van der Waals surface area contributed by atoms with E-state index in [1.807, 2.05) is 0 Å². The Morgan fingerprint density at radius 2 is 2.16 bits per heavy atom. The zero-order valence-corrected chi connectivity index (χ0v) is 11.9. The third-order valence-electron chi connectivity index (χ3n) is 4.32. The number of piperidine rings is 1. The lowest BCUT2D eigenvalue weighted by Crippen LogP contribution is -2.30. The maximum absolute atomic E-state index is 5.54. The van der Waals surface area contributed by atoms with Crippen LogP contribution in [0.1, 0.15) is 69.8 Å². The highest BCUT2D eigenvalue weighted by Gasteiger charge is 2.33. The van der Waals surface area contributed by atoms with E-state index < -0.39 is 0 Å². The molecule has 3 rings (SSSR count). The van der Waals surface area contributed by atoms with E-state index in [1.54, 1.807) is 0 Å². The highest BCUT2D eigenvalue weighted by Crippen LogP contribution is 2.33. The summed E-state index contributed by atoms with van der Waals surface area (Å²) in [6, 6.07) is 1.15. The molecular weight excluding hydrogens is 240 g/mol. The molecule has 2 saturated heterocycles. The Bertz CT molecular complexity index is 411. The first kappa shape index (κ1) is 13.1. The van der Waals surface area contributed by atoms with E-state index in [1.165, 1.54) is 19.3 Å². The van der Waals surface area contributed by atoms with Gasteiger partial charge in [-0.1, -0.05) is 11.6 Å². The highest BCUT2D eigenvalue weighted by atomic mass is 16.5. The van der Waals surface area contributed by atoms with Crippen molar-refractivity contribution in [2.45, 2.75) is 64.1 Å². The van der Waals surface area contributed by atoms with Gasteiger partial charge in [-0.25, -0.2) is 0 Å². The molecule has 0 radical (unpaired) electrons. The molecular formula is C14H24N4O. The summed E-state index contributed by atoms with van der Waals surface area (Å²) in [5.41, 5.74) is 0. The van der Waals surface area contributed by atoms with Crippen LogP contribution in [0.3, 0.4) is 0 Å². The lowest BCUT2D eigenvalue weighted by molar-refractivity contribution is 0.170. The Hall–Kier alpha value is -0.940. The van der Waals surface area contributed by atoms with Gasteiger partial charge in [-0.3, -0.25) is 4.90 Å². The van der Waals surface area contributed by atoms with Gasteiger partial charge in [0.2, 0.25) is 5.89 Å². The van der Waals surface area contributed by atoms with Crippen molar-refractivity contribution < 1.29 is 4.52 Å². The number of likely N-dealkylation sites (tertiary alicyclic amines) is 1. The summed E-state index contributed by atoms with van der Waals surface area (Å²) in [7, 11) is 0. The van der Waals surface area contributed by atoms with Crippen molar-refractivity contribution >= 4 is 0 Å². The third kappa shape index (κ3) is 2.67. The highest BCUT2D eigenvalue weighted by molar-refractivity contribution is 5.01. The van der Waals surface area contributed by atoms with E-state index in [0.29, 0.717) is 18.1 Å². The first-order valence-electron chi connectivity index (χ1n) is 7.58. The van der Waals surface area contributed by atoms with Gasteiger partial charge in [0, 0.05) is 6.04 Å². The van der Waals surface area contributed by atoms with Crippen LogP contribution in [0.15, 0.2) is 4.52 Å². The molecule has 19 heavy (non-hydrogen) atoms. The van der Waals surface area contributed by atoms with Crippen molar-refractivity contribution in [3.63, 3.8) is 0 Å². The van der Waals surface area contributed by atoms with E-state index in [4.69, 9.17) is 4.52 Å². The molecule has 1 N–H and O–H groups in total. The molecule has 2 unspecified atom stereocenters. The van der Waals surface area contributed by atoms with Crippen LogP contribution < -0.4 is 5.32 Å². The SMILES string of the molecule is CC(C)N1CCCC1c1nc(C2CCCCN2)no1. The van der Waals surface area contributed by atoms with Crippen LogP contribution in [0.25, 0.3) is 0 Å². The average Bonchev–Trinajstić information content (AvgIpc) is 3.08. The van der Waals surface area contributed by atoms with E-state index in [9.17, 15) is 0 Å². The van der Waals surface area contributed by atoms with Crippen LogP contribution in [0.4, 0.5) is 0 Å². The van der Waals surface area contributed by atoms with Crippen LogP contribution in [0.2, 0.25) is 0 Å². The van der Waals surface area contributed by atoms with Crippen molar-refractivity contribution in [2.75, 3.05) is 13.1 Å². The van der Waals surface area contributed by atoms with E-state index in [-0.39, 0.29) is 0 Å². The van der Waals surface area contributed by atoms with Gasteiger partial charge in [0.15, 0.2) is 5.82 Å². The molecule has 1 aromatic rings. The zero-order chi connectivity index (χ0) is 13.2. The molecule has 2 aliphatic heterocycles. The van der Waals surface area contributed by atoms with Gasteiger partial charge in [-0.05, 0) is 52.6 Å². The van der Waals surface area contributed by atoms with Crippen LogP contribution in [0, 0.1) is 0 Å². The summed E-state index contributed by atoms with van der Waals surface area (Å²) in [6.07, 6.45) is 5.99. The minimum atomic E-state index is 0.292. The second-order valence-electron chi connectivity index (χ2n) is 5.98. The predicted molar refractivity (Wildman–Crippen MR) is 72.7 cm³/mol. The number of nitrogens with one attached hydrogen (secondary N) is 1. The van der Waals surface area contributed by atoms with Crippen LogP contribution in [-0.4, -0.2) is 34.2 Å². The number of nitrogens with zero attached hydrogens (tertiary/aromatic N) is 3. The minimum Gasteiger partial charge on any atom is -0.338 e. The first-order valence-corrected chi connectivity index (χ1v) is 7.58. The molecule has 0 spiro atoms. The summed E-state index contributed by atoms with van der Waals surface area (Å²) in [5.74, 6) is 1.67. The van der Waals surface area contributed by atoms with Crippen molar-refractivity contribution in [3.8, 4) is 0 Å². The molecule has 0 amide bonds. The molecule has 2 atom stereocenters. The summed E-state index contributed by atoms with van der Waals surface area (Å²) in [4.78, 5) is 7.13. The summed E-state index contributed by atoms with van der Waals surface area (Å²) in [6.45, 7) is 6.67. The number of rotatable bonds is 3. The van der Waals surface area contributed by atoms with Gasteiger partial charge < -0.3 is 9.84 Å². The van der Waals surface area contributed by atoms with Gasteiger partial charge in [-0.2, -0.15) is 4.98 Å². The van der Waals surface area contributed by atoms with Gasteiger partial charge in [-0.15, -0.1) is 0 Å². The van der Waals surface area contributed by atoms with Crippen molar-refractivity contribution in [3.05, 3.63) is 11.7 Å². The number of hydrogen-bond acceptors (Lipinski definition) is 5. The standard InChI is InChI=1S/C14H24N4O/c1-10(2)18-9-5-7-12(18)14-16-13(17-19-14)11-6-3-4-8-15-11/h10-12,15H,3-9H2,1-2H3. The molecule has 1 aromatic heterocycles. The van der Waals surface area contributed by atoms with Gasteiger partial charge in [0.05, 0.1) is 12.1 Å². The smallest absolute Gasteiger partial charge is 0.244 e. The second kappa shape index (κ2) is 5.59. The number of hydrogen-bond donors (Lipinski definition) is 1. The lowest BCUT2D eigenvalue weighted by Gasteiger charge is -2.25. The van der Waals surface area contributed by atoms with Gasteiger partial charge in [0.1, 0.15) is 0 Å². The molecule has 0 saturated carbocycles. The molecule has 3 heterocycles. The summed E-state index contributed by atoms with van der Waals surface area (Å²) in [5, 5.41) is 7.68. The topological polar surface area (TPSA) is 54.2 Å². The molecule has 5 nitrogen and oxygen atoms in total. The molecule has 106 valence electrons. The van der Waals surface area contributed by atoms with Crippen molar-refractivity contribution in [2.24, 2.45) is 0 Å². The molecule has 2 aliphatic rings. The molecule has 0 aromatic carbocycles. The fourth-order valence-electron chi connectivity index (χ4n) is 3.27. The lowest BCUT2D eigenvalue weighted by atomic mass is 10.0. The largest absolute Gasteiger partial charge is 0.338 e. The van der Waals surface area contributed by atoms with E-state index >= 15 is 0 Å². The monoisotopic (exact) mass is 264 g/mol. The van der Waals surface area contributed by atoms with Crippen LogP contribution in [0.5, 0.6) is 0 Å². The quantitative estimate of drug-likeness (QED) is 0.908. The van der Waals surface area contributed by atoms with Crippen molar-refractivity contribution in [1.29, 1.82) is 0 Å². The molecule has 0 bridgehead atoms. The maximum Gasteiger partial charge on any atom is 0.244 e. The Labute approximate surface area is 114 Å². The zero-order valence-electron chi connectivity index (χ0n) is 11.9. The predicted octanol–water partition coefficient (Wildman–Crippen LogP) is 2.43. The second-order valence-corrected chi connectivity index (χ2v) is 5.98. The Balaban J connectivity index is 1.73. The fourth-order valence-corrected chi connectivity index (χ4v) is 3.27. The minimum absolute atomic E-state index is 0.292. The average molecular weight is 264 g/mol. The molecule has 0 aliphatic carbocycles. The van der Waals surface area contributed by atoms with Crippen LogP contribution in [-0.2, 0) is 0 Å². The van der Waals surface area contributed by atoms with Gasteiger partial charge >= 0.3 is 0 Å². The number of aromatic nitrogens is 2. The first-order chi connectivity index (χ1) is 9.25. The van der Waals surface area contributed by atoms with Gasteiger partial charge in [0.25, 0.3) is 0 Å². The maximum atomic E-state index is 5.54. The summed E-state index contributed by atoms with van der Waals surface area (Å²) < 4.78 is 5.54.